The Balaban J connectivity index is 0.00000363. The minimum Gasteiger partial charge on any atom is -0.475 e. The number of hydrogen-bond donors (Lipinski definition) is 2. The Kier molecular flexibility index (Phi) is 11.2. The zero-order valence-electron chi connectivity index (χ0n) is 19.0. The maximum absolute atomic E-state index is 5.49. The van der Waals surface area contributed by atoms with Crippen molar-refractivity contribution in [3.05, 3.63) is 54.0 Å². The van der Waals surface area contributed by atoms with E-state index < -0.39 is 0 Å². The predicted molar refractivity (Wildman–Crippen MR) is 139 cm³/mol. The molecule has 0 aliphatic carbocycles. The van der Waals surface area contributed by atoms with Crippen LogP contribution in [0.5, 0.6) is 5.88 Å². The van der Waals surface area contributed by atoms with Gasteiger partial charge in [0.1, 0.15) is 12.4 Å². The lowest BCUT2D eigenvalue weighted by atomic mass is 10.3. The van der Waals surface area contributed by atoms with Gasteiger partial charge in [-0.3, -0.25) is 0 Å². The largest absolute Gasteiger partial charge is 0.475 e. The number of imidazole rings is 1. The average molecular weight is 552 g/mol. The highest BCUT2D eigenvalue weighted by Crippen LogP contribution is 2.15. The summed E-state index contributed by atoms with van der Waals surface area (Å²) in [6, 6.07) is 12.1. The van der Waals surface area contributed by atoms with Crippen LogP contribution in [0.25, 0.3) is 11.0 Å². The van der Waals surface area contributed by atoms with Crippen molar-refractivity contribution in [1.82, 2.24) is 25.2 Å². The number of nitrogens with one attached hydrogen (secondary N) is 2. The molecule has 0 aliphatic heterocycles. The SMILES string of the molecule is CCNC(=NCc1ccc(OCCOC)nc1)NCCCn1c(C)nc2ccccc21.I. The number of halogens is 1. The second-order valence-corrected chi connectivity index (χ2v) is 7.12. The molecule has 3 rings (SSSR count). The summed E-state index contributed by atoms with van der Waals surface area (Å²) in [4.78, 5) is 13.6. The van der Waals surface area contributed by atoms with E-state index in [9.17, 15) is 0 Å². The Hall–Kier alpha value is -2.40. The molecule has 8 nitrogen and oxygen atoms in total. The van der Waals surface area contributed by atoms with Gasteiger partial charge in [0.25, 0.3) is 0 Å². The number of benzene rings is 1. The predicted octanol–water partition coefficient (Wildman–Crippen LogP) is 3.53. The molecule has 2 aromatic heterocycles. The highest BCUT2D eigenvalue weighted by Gasteiger charge is 2.06. The smallest absolute Gasteiger partial charge is 0.213 e. The van der Waals surface area contributed by atoms with Gasteiger partial charge in [0.2, 0.25) is 5.88 Å². The molecule has 0 bridgehead atoms. The van der Waals surface area contributed by atoms with Crippen LogP contribution in [-0.2, 0) is 17.8 Å². The van der Waals surface area contributed by atoms with Crippen molar-refractivity contribution in [2.24, 2.45) is 4.99 Å². The van der Waals surface area contributed by atoms with E-state index in [4.69, 9.17) is 9.47 Å². The van der Waals surface area contributed by atoms with Crippen LogP contribution in [0.2, 0.25) is 0 Å². The summed E-state index contributed by atoms with van der Waals surface area (Å²) in [6.07, 6.45) is 2.77. The topological polar surface area (TPSA) is 85.6 Å². The Morgan fingerprint density at radius 1 is 1.12 bits per heavy atom. The lowest BCUT2D eigenvalue weighted by Crippen LogP contribution is -2.38. The van der Waals surface area contributed by atoms with Crippen LogP contribution < -0.4 is 15.4 Å². The van der Waals surface area contributed by atoms with Crippen molar-refractivity contribution < 1.29 is 9.47 Å². The fraction of sp³-hybridized carbons (Fsp3) is 0.435. The molecule has 3 aromatic rings. The fourth-order valence-electron chi connectivity index (χ4n) is 3.25. The molecule has 0 atom stereocenters. The van der Waals surface area contributed by atoms with Crippen LogP contribution in [0.4, 0.5) is 0 Å². The minimum atomic E-state index is 0. The van der Waals surface area contributed by atoms with Gasteiger partial charge in [-0.05, 0) is 38.0 Å². The summed E-state index contributed by atoms with van der Waals surface area (Å²) in [5.41, 5.74) is 3.26. The molecular weight excluding hydrogens is 519 g/mol. The number of aromatic nitrogens is 3. The van der Waals surface area contributed by atoms with E-state index in [1.165, 1.54) is 5.52 Å². The van der Waals surface area contributed by atoms with Gasteiger partial charge in [0.15, 0.2) is 5.96 Å². The van der Waals surface area contributed by atoms with Crippen LogP contribution in [-0.4, -0.2) is 53.9 Å². The molecule has 0 saturated carbocycles. The van der Waals surface area contributed by atoms with Crippen molar-refractivity contribution in [3.8, 4) is 5.88 Å². The van der Waals surface area contributed by atoms with Gasteiger partial charge in [-0.1, -0.05) is 18.2 Å². The maximum atomic E-state index is 5.49. The summed E-state index contributed by atoms with van der Waals surface area (Å²) < 4.78 is 12.7. The molecule has 0 aliphatic rings. The van der Waals surface area contributed by atoms with Crippen LogP contribution in [0.3, 0.4) is 0 Å². The molecule has 2 heterocycles. The van der Waals surface area contributed by atoms with Crippen molar-refractivity contribution in [2.75, 3.05) is 33.4 Å². The average Bonchev–Trinajstić information content (AvgIpc) is 3.11. The van der Waals surface area contributed by atoms with Gasteiger partial charge < -0.3 is 24.7 Å². The quantitative estimate of drug-likeness (QED) is 0.164. The first kappa shape index (κ1) is 25.9. The molecule has 0 unspecified atom stereocenters. The molecule has 0 saturated heterocycles. The normalized spacial score (nSPS) is 11.3. The first-order chi connectivity index (χ1) is 15.2. The fourth-order valence-corrected chi connectivity index (χ4v) is 3.25. The number of aliphatic imine (C=N–C) groups is 1. The molecule has 32 heavy (non-hydrogen) atoms. The van der Waals surface area contributed by atoms with E-state index in [0.29, 0.717) is 25.6 Å². The van der Waals surface area contributed by atoms with Crippen LogP contribution in [0, 0.1) is 6.92 Å². The van der Waals surface area contributed by atoms with E-state index in [0.717, 1.165) is 48.9 Å². The van der Waals surface area contributed by atoms with Gasteiger partial charge in [0.05, 0.1) is 24.2 Å². The molecule has 0 fully saturated rings. The number of ether oxygens (including phenoxy) is 2. The van der Waals surface area contributed by atoms with Crippen LogP contribution in [0.15, 0.2) is 47.6 Å². The van der Waals surface area contributed by atoms with E-state index in [-0.39, 0.29) is 24.0 Å². The number of guanidine groups is 1. The maximum Gasteiger partial charge on any atom is 0.213 e. The number of para-hydroxylation sites is 2. The van der Waals surface area contributed by atoms with Gasteiger partial charge in [-0.25, -0.2) is 15.0 Å². The molecule has 9 heteroatoms. The number of aryl methyl sites for hydroxylation is 2. The van der Waals surface area contributed by atoms with E-state index in [1.54, 1.807) is 13.3 Å². The Labute approximate surface area is 206 Å². The second kappa shape index (κ2) is 13.9. The van der Waals surface area contributed by atoms with Crippen molar-refractivity contribution >= 4 is 41.0 Å². The Morgan fingerprint density at radius 2 is 1.97 bits per heavy atom. The highest BCUT2D eigenvalue weighted by molar-refractivity contribution is 14.0. The number of fused-ring (bicyclic) bond motifs is 1. The molecule has 1 aromatic carbocycles. The van der Waals surface area contributed by atoms with Gasteiger partial charge in [-0.15, -0.1) is 24.0 Å². The molecule has 0 amide bonds. The van der Waals surface area contributed by atoms with Crippen molar-refractivity contribution in [3.63, 3.8) is 0 Å². The Bertz CT molecular complexity index is 974. The first-order valence-corrected chi connectivity index (χ1v) is 10.7. The monoisotopic (exact) mass is 552 g/mol. The lowest BCUT2D eigenvalue weighted by Gasteiger charge is -2.12. The molecule has 174 valence electrons. The summed E-state index contributed by atoms with van der Waals surface area (Å²) in [6.45, 7) is 8.24. The number of rotatable bonds is 11. The first-order valence-electron chi connectivity index (χ1n) is 10.7. The Morgan fingerprint density at radius 3 is 2.72 bits per heavy atom. The van der Waals surface area contributed by atoms with Crippen LogP contribution in [0.1, 0.15) is 24.7 Å². The molecule has 0 spiro atoms. The number of methoxy groups -OCH3 is 1. The third-order valence-corrected chi connectivity index (χ3v) is 4.80. The standard InChI is InChI=1S/C23H32N6O2.HI/c1-4-24-23(27-17-19-10-11-22(26-16-19)31-15-14-30-3)25-12-7-13-29-18(2)28-20-8-5-6-9-21(20)29;/h5-6,8-11,16H,4,7,12-15,17H2,1-3H3,(H2,24,25,27);1H. The third kappa shape index (κ3) is 7.63. The molecular formula is C23H33IN6O2. The number of pyridine rings is 1. The van der Waals surface area contributed by atoms with Gasteiger partial charge >= 0.3 is 0 Å². The zero-order chi connectivity index (χ0) is 21.9. The van der Waals surface area contributed by atoms with Crippen LogP contribution >= 0.6 is 24.0 Å². The summed E-state index contributed by atoms with van der Waals surface area (Å²) in [7, 11) is 1.65. The summed E-state index contributed by atoms with van der Waals surface area (Å²) in [5.74, 6) is 2.44. The number of hydrogen-bond acceptors (Lipinski definition) is 5. The minimum absolute atomic E-state index is 0. The third-order valence-electron chi connectivity index (χ3n) is 4.80. The van der Waals surface area contributed by atoms with E-state index in [1.807, 2.05) is 18.2 Å². The van der Waals surface area contributed by atoms with Crippen molar-refractivity contribution in [2.45, 2.75) is 33.4 Å². The summed E-state index contributed by atoms with van der Waals surface area (Å²) >= 11 is 0. The zero-order valence-corrected chi connectivity index (χ0v) is 21.3. The van der Waals surface area contributed by atoms with Gasteiger partial charge in [-0.2, -0.15) is 0 Å². The van der Waals surface area contributed by atoms with E-state index in [2.05, 4.69) is 62.2 Å². The second-order valence-electron chi connectivity index (χ2n) is 7.12. The number of nitrogens with zero attached hydrogens (tertiary/aromatic N) is 4. The summed E-state index contributed by atoms with van der Waals surface area (Å²) in [5, 5.41) is 6.71. The van der Waals surface area contributed by atoms with E-state index >= 15 is 0 Å². The molecule has 2 N–H and O–H groups in total. The lowest BCUT2D eigenvalue weighted by molar-refractivity contribution is 0.143. The highest BCUT2D eigenvalue weighted by atomic mass is 127. The molecule has 0 radical (unpaired) electrons. The van der Waals surface area contributed by atoms with Gasteiger partial charge in [0, 0.05) is 39.0 Å². The van der Waals surface area contributed by atoms with Crippen molar-refractivity contribution in [1.29, 1.82) is 0 Å².